The SMILES string of the molecule is CCCCCC[C@@H](CN)CC(=O)OCC. The molecule has 0 saturated heterocycles. The lowest BCUT2D eigenvalue weighted by atomic mass is 9.98. The molecule has 0 radical (unpaired) electrons. The van der Waals surface area contributed by atoms with Gasteiger partial charge in [0.1, 0.15) is 0 Å². The van der Waals surface area contributed by atoms with Crippen LogP contribution < -0.4 is 5.73 Å². The predicted octanol–water partition coefficient (Wildman–Crippen LogP) is 2.48. The molecule has 3 nitrogen and oxygen atoms in total. The minimum absolute atomic E-state index is 0.108. The number of hydrogen-bond acceptors (Lipinski definition) is 3. The molecule has 1 atom stereocenters. The minimum atomic E-state index is -0.108. The number of esters is 1. The van der Waals surface area contributed by atoms with E-state index in [4.69, 9.17) is 10.5 Å². The van der Waals surface area contributed by atoms with Crippen LogP contribution in [0.5, 0.6) is 0 Å². The molecule has 0 aliphatic carbocycles. The molecule has 0 heterocycles. The summed E-state index contributed by atoms with van der Waals surface area (Å²) in [6, 6.07) is 0. The van der Waals surface area contributed by atoms with E-state index in [1.54, 1.807) is 0 Å². The van der Waals surface area contributed by atoms with Gasteiger partial charge in [-0.05, 0) is 25.8 Å². The molecule has 0 rings (SSSR count). The van der Waals surface area contributed by atoms with Crippen LogP contribution in [0.2, 0.25) is 0 Å². The zero-order valence-electron chi connectivity index (χ0n) is 10.1. The number of unbranched alkanes of at least 4 members (excludes halogenated alkanes) is 3. The van der Waals surface area contributed by atoms with Gasteiger partial charge in [-0.3, -0.25) is 4.79 Å². The third-order valence-corrected chi connectivity index (χ3v) is 2.56. The molecule has 0 aromatic rings. The highest BCUT2D eigenvalue weighted by atomic mass is 16.5. The lowest BCUT2D eigenvalue weighted by Crippen LogP contribution is -2.19. The monoisotopic (exact) mass is 215 g/mol. The van der Waals surface area contributed by atoms with Gasteiger partial charge in [-0.1, -0.05) is 32.6 Å². The third-order valence-electron chi connectivity index (χ3n) is 2.56. The lowest BCUT2D eigenvalue weighted by molar-refractivity contribution is -0.144. The van der Waals surface area contributed by atoms with Gasteiger partial charge in [-0.25, -0.2) is 0 Å². The molecule has 3 heteroatoms. The molecule has 0 bridgehead atoms. The Hall–Kier alpha value is -0.570. The van der Waals surface area contributed by atoms with Crippen molar-refractivity contribution in [2.75, 3.05) is 13.2 Å². The standard InChI is InChI=1S/C12H25NO2/c1-3-5-6-7-8-11(10-13)9-12(14)15-4-2/h11H,3-10,13H2,1-2H3/t11-/m1/s1. The summed E-state index contributed by atoms with van der Waals surface area (Å²) in [5.41, 5.74) is 5.62. The fraction of sp³-hybridized carbons (Fsp3) is 0.917. The van der Waals surface area contributed by atoms with E-state index in [0.29, 0.717) is 25.5 Å². The van der Waals surface area contributed by atoms with Crippen LogP contribution in [0.15, 0.2) is 0 Å². The maximum Gasteiger partial charge on any atom is 0.306 e. The molecule has 15 heavy (non-hydrogen) atoms. The second-order valence-electron chi connectivity index (χ2n) is 3.96. The molecule has 0 spiro atoms. The van der Waals surface area contributed by atoms with Gasteiger partial charge < -0.3 is 10.5 Å². The highest BCUT2D eigenvalue weighted by Gasteiger charge is 2.12. The topological polar surface area (TPSA) is 52.3 Å². The maximum atomic E-state index is 11.2. The van der Waals surface area contributed by atoms with Gasteiger partial charge in [0, 0.05) is 6.42 Å². The van der Waals surface area contributed by atoms with E-state index in [1.165, 1.54) is 25.7 Å². The Morgan fingerprint density at radius 1 is 1.27 bits per heavy atom. The number of rotatable bonds is 9. The van der Waals surface area contributed by atoms with Crippen molar-refractivity contribution in [1.29, 1.82) is 0 Å². The summed E-state index contributed by atoms with van der Waals surface area (Å²) in [6.07, 6.45) is 6.47. The molecule has 0 fully saturated rings. The van der Waals surface area contributed by atoms with E-state index in [1.807, 2.05) is 6.92 Å². The van der Waals surface area contributed by atoms with Crippen LogP contribution in [0, 0.1) is 5.92 Å². The van der Waals surface area contributed by atoms with E-state index in [9.17, 15) is 4.79 Å². The maximum absolute atomic E-state index is 11.2. The molecular formula is C12H25NO2. The molecule has 0 aromatic heterocycles. The number of hydrogen-bond donors (Lipinski definition) is 1. The highest BCUT2D eigenvalue weighted by molar-refractivity contribution is 5.69. The molecule has 0 unspecified atom stereocenters. The minimum Gasteiger partial charge on any atom is -0.466 e. The van der Waals surface area contributed by atoms with E-state index in [2.05, 4.69) is 6.92 Å². The largest absolute Gasteiger partial charge is 0.466 e. The first-order valence-electron chi connectivity index (χ1n) is 6.10. The summed E-state index contributed by atoms with van der Waals surface area (Å²) in [7, 11) is 0. The summed E-state index contributed by atoms with van der Waals surface area (Å²) in [5.74, 6) is 0.198. The van der Waals surface area contributed by atoms with Crippen LogP contribution >= 0.6 is 0 Å². The molecule has 0 aliphatic rings. The quantitative estimate of drug-likeness (QED) is 0.475. The highest BCUT2D eigenvalue weighted by Crippen LogP contribution is 2.14. The van der Waals surface area contributed by atoms with Crippen LogP contribution in [-0.2, 0) is 9.53 Å². The van der Waals surface area contributed by atoms with Crippen molar-refractivity contribution in [3.05, 3.63) is 0 Å². The van der Waals surface area contributed by atoms with Gasteiger partial charge in [0.15, 0.2) is 0 Å². The Bertz CT molecular complexity index is 160. The summed E-state index contributed by atoms with van der Waals surface area (Å²) >= 11 is 0. The van der Waals surface area contributed by atoms with E-state index in [0.717, 1.165) is 6.42 Å². The lowest BCUT2D eigenvalue weighted by Gasteiger charge is -2.13. The third kappa shape index (κ3) is 8.43. The summed E-state index contributed by atoms with van der Waals surface area (Å²) in [6.45, 7) is 5.08. The molecule has 0 saturated carbocycles. The van der Waals surface area contributed by atoms with Crippen LogP contribution in [0.3, 0.4) is 0 Å². The normalized spacial score (nSPS) is 12.5. The van der Waals surface area contributed by atoms with Crippen LogP contribution in [0.1, 0.15) is 52.4 Å². The fourth-order valence-corrected chi connectivity index (χ4v) is 1.62. The molecule has 0 amide bonds. The Morgan fingerprint density at radius 3 is 2.53 bits per heavy atom. The van der Waals surface area contributed by atoms with Crippen molar-refractivity contribution in [2.45, 2.75) is 52.4 Å². The zero-order chi connectivity index (χ0) is 11.5. The van der Waals surface area contributed by atoms with E-state index >= 15 is 0 Å². The number of carbonyl (C=O) groups is 1. The van der Waals surface area contributed by atoms with Gasteiger partial charge >= 0.3 is 5.97 Å². The van der Waals surface area contributed by atoms with Crippen molar-refractivity contribution in [1.82, 2.24) is 0 Å². The van der Waals surface area contributed by atoms with Crippen molar-refractivity contribution in [3.8, 4) is 0 Å². The summed E-state index contributed by atoms with van der Waals surface area (Å²) in [5, 5.41) is 0. The van der Waals surface area contributed by atoms with Gasteiger partial charge in [-0.2, -0.15) is 0 Å². The van der Waals surface area contributed by atoms with Crippen LogP contribution in [0.25, 0.3) is 0 Å². The number of ether oxygens (including phenoxy) is 1. The fourth-order valence-electron chi connectivity index (χ4n) is 1.62. The predicted molar refractivity (Wildman–Crippen MR) is 62.6 cm³/mol. The Balaban J connectivity index is 3.58. The van der Waals surface area contributed by atoms with Gasteiger partial charge in [0.05, 0.1) is 6.61 Å². The molecule has 0 aliphatic heterocycles. The van der Waals surface area contributed by atoms with Crippen molar-refractivity contribution < 1.29 is 9.53 Å². The Labute approximate surface area is 93.4 Å². The first-order chi connectivity index (χ1) is 7.24. The first-order valence-corrected chi connectivity index (χ1v) is 6.10. The van der Waals surface area contributed by atoms with Crippen molar-refractivity contribution in [3.63, 3.8) is 0 Å². The van der Waals surface area contributed by atoms with E-state index in [-0.39, 0.29) is 5.97 Å². The zero-order valence-corrected chi connectivity index (χ0v) is 10.1. The first kappa shape index (κ1) is 14.4. The van der Waals surface area contributed by atoms with Crippen LogP contribution in [-0.4, -0.2) is 19.1 Å². The van der Waals surface area contributed by atoms with Gasteiger partial charge in [-0.15, -0.1) is 0 Å². The number of carbonyl (C=O) groups excluding carboxylic acids is 1. The Kier molecular flexibility index (Phi) is 9.59. The van der Waals surface area contributed by atoms with Crippen LogP contribution in [0.4, 0.5) is 0 Å². The average Bonchev–Trinajstić information content (AvgIpc) is 2.23. The van der Waals surface area contributed by atoms with Crippen molar-refractivity contribution in [2.24, 2.45) is 11.7 Å². The molecule has 90 valence electrons. The van der Waals surface area contributed by atoms with Crippen molar-refractivity contribution >= 4 is 5.97 Å². The average molecular weight is 215 g/mol. The van der Waals surface area contributed by atoms with Gasteiger partial charge in [0.25, 0.3) is 0 Å². The smallest absolute Gasteiger partial charge is 0.306 e. The second kappa shape index (κ2) is 9.97. The van der Waals surface area contributed by atoms with Gasteiger partial charge in [0.2, 0.25) is 0 Å². The molecule has 2 N–H and O–H groups in total. The molecular weight excluding hydrogens is 190 g/mol. The van der Waals surface area contributed by atoms with E-state index < -0.39 is 0 Å². The molecule has 0 aromatic carbocycles. The summed E-state index contributed by atoms with van der Waals surface area (Å²) in [4.78, 5) is 11.2. The second-order valence-corrected chi connectivity index (χ2v) is 3.96. The Morgan fingerprint density at radius 2 is 2.00 bits per heavy atom. The summed E-state index contributed by atoms with van der Waals surface area (Å²) < 4.78 is 4.91. The number of nitrogens with two attached hydrogens (primary N) is 1.